The lowest BCUT2D eigenvalue weighted by Crippen LogP contribution is -2.53. The number of halogens is 1. The first-order chi connectivity index (χ1) is 9.56. The normalized spacial score (nSPS) is 20.0. The fourth-order valence-electron chi connectivity index (χ4n) is 2.48. The number of amides is 1. The average molecular weight is 297 g/mol. The summed E-state index contributed by atoms with van der Waals surface area (Å²) < 4.78 is 0. The third kappa shape index (κ3) is 3.04. The van der Waals surface area contributed by atoms with Crippen molar-refractivity contribution in [1.82, 2.24) is 14.8 Å². The Morgan fingerprint density at radius 1 is 1.55 bits per heavy atom. The van der Waals surface area contributed by atoms with Crippen molar-refractivity contribution in [2.75, 3.05) is 39.0 Å². The van der Waals surface area contributed by atoms with E-state index in [-0.39, 0.29) is 5.91 Å². The van der Waals surface area contributed by atoms with E-state index in [0.717, 1.165) is 26.1 Å². The number of likely N-dealkylation sites (N-methyl/N-ethyl adjacent to an activating group) is 1. The first kappa shape index (κ1) is 15.1. The van der Waals surface area contributed by atoms with Crippen molar-refractivity contribution >= 4 is 23.3 Å². The first-order valence-electron chi connectivity index (χ1n) is 6.89. The minimum atomic E-state index is -0.0135. The molecular formula is C14H21ClN4O. The van der Waals surface area contributed by atoms with E-state index < -0.39 is 0 Å². The number of hydrogen-bond donors (Lipinski definition) is 1. The lowest BCUT2D eigenvalue weighted by molar-refractivity contribution is 0.0542. The largest absolute Gasteiger partial charge is 0.373 e. The zero-order valence-corrected chi connectivity index (χ0v) is 12.9. The lowest BCUT2D eigenvalue weighted by Gasteiger charge is -2.39. The third-order valence-electron chi connectivity index (χ3n) is 3.88. The van der Waals surface area contributed by atoms with Crippen LogP contribution in [0.3, 0.4) is 0 Å². The Labute approximate surface area is 124 Å². The molecule has 0 spiro atoms. The maximum atomic E-state index is 12.6. The molecule has 1 atom stereocenters. The minimum absolute atomic E-state index is 0.0135. The summed E-state index contributed by atoms with van der Waals surface area (Å²) in [5.74, 6) is 0.638. The van der Waals surface area contributed by atoms with E-state index in [2.05, 4.69) is 29.2 Å². The van der Waals surface area contributed by atoms with E-state index in [9.17, 15) is 4.79 Å². The highest BCUT2D eigenvalue weighted by atomic mass is 35.5. The van der Waals surface area contributed by atoms with Gasteiger partial charge in [-0.15, -0.1) is 0 Å². The Bertz CT molecular complexity index is 494. The molecule has 1 amide bonds. The van der Waals surface area contributed by atoms with Crippen LogP contribution in [0, 0.1) is 0 Å². The molecule has 0 aliphatic carbocycles. The number of pyridine rings is 1. The monoisotopic (exact) mass is 296 g/mol. The third-order valence-corrected chi connectivity index (χ3v) is 4.18. The fourth-order valence-corrected chi connectivity index (χ4v) is 2.67. The van der Waals surface area contributed by atoms with E-state index in [0.29, 0.717) is 22.4 Å². The molecule has 1 aliphatic heterocycles. The van der Waals surface area contributed by atoms with Crippen LogP contribution < -0.4 is 5.32 Å². The van der Waals surface area contributed by atoms with Gasteiger partial charge in [0.2, 0.25) is 0 Å². The molecular weight excluding hydrogens is 276 g/mol. The Balaban J connectivity index is 2.19. The molecule has 5 nitrogen and oxygen atoms in total. The van der Waals surface area contributed by atoms with Gasteiger partial charge < -0.3 is 10.2 Å². The van der Waals surface area contributed by atoms with Gasteiger partial charge in [0, 0.05) is 38.9 Å². The number of carbonyl (C=O) groups is 1. The SMILES string of the molecule is CCC1CN(C(=O)c2cc(NC)ncc2Cl)CCN1C. The van der Waals surface area contributed by atoms with Crippen LogP contribution in [-0.4, -0.2) is 60.5 Å². The van der Waals surface area contributed by atoms with Gasteiger partial charge in [0.05, 0.1) is 10.6 Å². The highest BCUT2D eigenvalue weighted by Gasteiger charge is 2.27. The van der Waals surface area contributed by atoms with Crippen molar-refractivity contribution in [1.29, 1.82) is 0 Å². The number of aromatic nitrogens is 1. The fraction of sp³-hybridized carbons (Fsp3) is 0.571. The molecule has 1 aromatic heterocycles. The van der Waals surface area contributed by atoms with E-state index in [1.165, 1.54) is 6.20 Å². The molecule has 0 saturated carbocycles. The number of anilines is 1. The number of hydrogen-bond acceptors (Lipinski definition) is 4. The van der Waals surface area contributed by atoms with Crippen molar-refractivity contribution in [2.45, 2.75) is 19.4 Å². The number of piperazine rings is 1. The molecule has 2 rings (SSSR count). The summed E-state index contributed by atoms with van der Waals surface area (Å²) >= 11 is 6.12. The van der Waals surface area contributed by atoms with Crippen LogP contribution in [0.2, 0.25) is 5.02 Å². The molecule has 1 unspecified atom stereocenters. The van der Waals surface area contributed by atoms with Gasteiger partial charge in [-0.3, -0.25) is 9.69 Å². The standard InChI is InChI=1S/C14H21ClN4O/c1-4-10-9-19(6-5-18(10)3)14(20)11-7-13(16-2)17-8-12(11)15/h7-8,10H,4-6,9H2,1-3H3,(H,16,17). The lowest BCUT2D eigenvalue weighted by atomic mass is 10.1. The van der Waals surface area contributed by atoms with E-state index in [1.54, 1.807) is 13.1 Å². The second kappa shape index (κ2) is 6.41. The maximum Gasteiger partial charge on any atom is 0.255 e. The first-order valence-corrected chi connectivity index (χ1v) is 7.27. The smallest absolute Gasteiger partial charge is 0.255 e. The molecule has 1 saturated heterocycles. The van der Waals surface area contributed by atoms with E-state index in [4.69, 9.17) is 11.6 Å². The molecule has 1 aromatic rings. The van der Waals surface area contributed by atoms with E-state index >= 15 is 0 Å². The van der Waals surface area contributed by atoms with Crippen molar-refractivity contribution < 1.29 is 4.79 Å². The van der Waals surface area contributed by atoms with Crippen LogP contribution in [0.1, 0.15) is 23.7 Å². The number of nitrogens with zero attached hydrogens (tertiary/aromatic N) is 3. The topological polar surface area (TPSA) is 48.5 Å². The van der Waals surface area contributed by atoms with Gasteiger partial charge in [-0.25, -0.2) is 4.98 Å². The predicted octanol–water partition coefficient (Wildman–Crippen LogP) is 1.94. The molecule has 1 fully saturated rings. The maximum absolute atomic E-state index is 12.6. The number of nitrogens with one attached hydrogen (secondary N) is 1. The second-order valence-electron chi connectivity index (χ2n) is 5.09. The van der Waals surface area contributed by atoms with Gasteiger partial charge in [-0.2, -0.15) is 0 Å². The summed E-state index contributed by atoms with van der Waals surface area (Å²) in [5.41, 5.74) is 0.519. The molecule has 0 bridgehead atoms. The Morgan fingerprint density at radius 3 is 2.95 bits per heavy atom. The molecule has 110 valence electrons. The Hall–Kier alpha value is -1.33. The molecule has 1 N–H and O–H groups in total. The van der Waals surface area contributed by atoms with Gasteiger partial charge in [0.15, 0.2) is 0 Å². The molecule has 2 heterocycles. The molecule has 1 aliphatic rings. The van der Waals surface area contributed by atoms with Gasteiger partial charge in [-0.1, -0.05) is 18.5 Å². The average Bonchev–Trinajstić information content (AvgIpc) is 2.47. The van der Waals surface area contributed by atoms with E-state index in [1.807, 2.05) is 4.90 Å². The van der Waals surface area contributed by atoms with Crippen LogP contribution in [0.5, 0.6) is 0 Å². The van der Waals surface area contributed by atoms with Gasteiger partial charge in [0.1, 0.15) is 5.82 Å². The van der Waals surface area contributed by atoms with Crippen LogP contribution in [0.15, 0.2) is 12.3 Å². The van der Waals surface area contributed by atoms with Gasteiger partial charge in [-0.05, 0) is 19.5 Å². The summed E-state index contributed by atoms with van der Waals surface area (Å²) in [6, 6.07) is 2.13. The summed E-state index contributed by atoms with van der Waals surface area (Å²) in [4.78, 5) is 20.9. The van der Waals surface area contributed by atoms with Crippen LogP contribution in [0.4, 0.5) is 5.82 Å². The molecule has 20 heavy (non-hydrogen) atoms. The highest BCUT2D eigenvalue weighted by molar-refractivity contribution is 6.33. The van der Waals surface area contributed by atoms with Crippen molar-refractivity contribution in [2.24, 2.45) is 0 Å². The summed E-state index contributed by atoms with van der Waals surface area (Å²) in [7, 11) is 3.88. The van der Waals surface area contributed by atoms with Crippen molar-refractivity contribution in [3.05, 3.63) is 22.8 Å². The predicted molar refractivity (Wildman–Crippen MR) is 81.4 cm³/mol. The van der Waals surface area contributed by atoms with Crippen molar-refractivity contribution in [3.8, 4) is 0 Å². The highest BCUT2D eigenvalue weighted by Crippen LogP contribution is 2.21. The van der Waals surface area contributed by atoms with Crippen LogP contribution in [-0.2, 0) is 0 Å². The molecule has 0 aromatic carbocycles. The zero-order chi connectivity index (χ0) is 14.7. The van der Waals surface area contributed by atoms with Gasteiger partial charge in [0.25, 0.3) is 5.91 Å². The summed E-state index contributed by atoms with van der Waals surface area (Å²) in [6.07, 6.45) is 2.56. The Morgan fingerprint density at radius 2 is 2.30 bits per heavy atom. The molecule has 0 radical (unpaired) electrons. The van der Waals surface area contributed by atoms with Crippen molar-refractivity contribution in [3.63, 3.8) is 0 Å². The number of carbonyl (C=O) groups excluding carboxylic acids is 1. The Kier molecular flexibility index (Phi) is 4.83. The van der Waals surface area contributed by atoms with Crippen LogP contribution in [0.25, 0.3) is 0 Å². The minimum Gasteiger partial charge on any atom is -0.373 e. The molecule has 6 heteroatoms. The van der Waals surface area contributed by atoms with Crippen LogP contribution >= 0.6 is 11.6 Å². The summed E-state index contributed by atoms with van der Waals surface area (Å²) in [5, 5.41) is 3.33. The number of rotatable bonds is 3. The summed E-state index contributed by atoms with van der Waals surface area (Å²) in [6.45, 7) is 4.53. The zero-order valence-electron chi connectivity index (χ0n) is 12.2. The quantitative estimate of drug-likeness (QED) is 0.926. The van der Waals surface area contributed by atoms with Gasteiger partial charge >= 0.3 is 0 Å². The second-order valence-corrected chi connectivity index (χ2v) is 5.50.